The Morgan fingerprint density at radius 3 is 1.80 bits per heavy atom. The molecule has 1 aliphatic carbocycles. The van der Waals surface area contributed by atoms with Gasteiger partial charge < -0.3 is 9.47 Å². The highest BCUT2D eigenvalue weighted by molar-refractivity contribution is 8.01. The van der Waals surface area contributed by atoms with Crippen LogP contribution in [-0.2, 0) is 57.8 Å². The Balaban J connectivity index is 0.469. The molecule has 11 heteroatoms. The lowest BCUT2D eigenvalue weighted by molar-refractivity contribution is -0.170. The third-order valence-corrected chi connectivity index (χ3v) is 29.6. The van der Waals surface area contributed by atoms with Crippen LogP contribution >= 0.6 is 69.7 Å². The van der Waals surface area contributed by atoms with Crippen LogP contribution in [0.5, 0.6) is 11.5 Å². The summed E-state index contributed by atoms with van der Waals surface area (Å²) < 4.78 is 57.9. The van der Waals surface area contributed by atoms with Gasteiger partial charge in [-0.15, -0.1) is 69.7 Å². The standard InChI is InChI=1S/C83H63F3O2S6/c84-83(85,86)71-4-2-1-3-46(71)20-24-62-33-57-18-14-52-39-69-53(38-67(52)80(57)93-62)21-25-63-70(43-90-82(63)69)74-40-54-9-5-45(30-73(54)88-74)7-23-61-32-56-17-13-50-37-68-51(36-66(50)79(56)92-61)15-19-58-42-76(94-81(58)68)75-41-59-29-44(8-26-72(59)87-75)6-22-60-31-55-16-12-49-34-64-48(35-65(49)78(55)91-60)11-10-47-27-28-89-77(47)64/h1-5,8-19,21,25-26,29-31,34-39,43,46,61-62,71,74-76H,6-7,20,22-24,27-28,32-33,40-42H2. The van der Waals surface area contributed by atoms with Gasteiger partial charge in [-0.25, -0.2) is 0 Å². The summed E-state index contributed by atoms with van der Waals surface area (Å²) >= 11 is 11.8. The molecule has 13 aromatic rings. The lowest BCUT2D eigenvalue weighted by Crippen LogP contribution is -2.29. The Morgan fingerprint density at radius 1 is 0.436 bits per heavy atom. The molecule has 0 N–H and O–H groups in total. The SMILES string of the molecule is FC(F)(F)C1C=CC=CC1CCC1Cc2ccc3cc4c(ccc5c(C6Cc7ccc(CCC8Cc9ccc%10cc%11c%12c(ccc%11cc%10c9S8)CC(C8Cc9cc(CCc%10cc%11ccc%13cc%14c%15c(ccc%14cc%13c%11s%10)CCS%15)ccc9O8)S%12)cc7O6)csc54)cc3c2S1. The first kappa shape index (κ1) is 57.4. The zero-order valence-electron chi connectivity index (χ0n) is 51.5. The molecule has 7 aliphatic rings. The van der Waals surface area contributed by atoms with Crippen molar-refractivity contribution in [1.82, 2.24) is 0 Å². The van der Waals surface area contributed by atoms with Crippen LogP contribution in [0, 0.1) is 11.8 Å². The molecule has 0 fully saturated rings. The number of thiophene rings is 2. The van der Waals surface area contributed by atoms with E-state index in [1.807, 2.05) is 58.0 Å². The van der Waals surface area contributed by atoms with Crippen molar-refractivity contribution in [1.29, 1.82) is 0 Å². The van der Waals surface area contributed by atoms with E-state index < -0.39 is 18.0 Å². The first-order chi connectivity index (χ1) is 46.0. The maximum atomic E-state index is 13.8. The van der Waals surface area contributed by atoms with Gasteiger partial charge in [0, 0.05) is 79.3 Å². The second-order valence-electron chi connectivity index (χ2n) is 27.4. The Kier molecular flexibility index (Phi) is 13.7. The van der Waals surface area contributed by atoms with Crippen LogP contribution in [0.15, 0.2) is 201 Å². The third-order valence-electron chi connectivity index (χ3n) is 21.7. The molecule has 0 radical (unpaired) electrons. The third kappa shape index (κ3) is 9.80. The van der Waals surface area contributed by atoms with Crippen LogP contribution < -0.4 is 9.47 Å². The highest BCUT2D eigenvalue weighted by atomic mass is 32.2. The van der Waals surface area contributed by atoms with E-state index in [1.54, 1.807) is 12.2 Å². The maximum Gasteiger partial charge on any atom is 0.395 e. The summed E-state index contributed by atoms with van der Waals surface area (Å²) in [6.07, 6.45) is 13.8. The van der Waals surface area contributed by atoms with E-state index in [0.717, 1.165) is 75.7 Å². The molecular weight excluding hydrogens is 1280 g/mol. The molecular formula is C83H63F3O2S6. The number of rotatable bonds is 11. The second kappa shape index (κ2) is 22.4. The van der Waals surface area contributed by atoms with E-state index in [1.165, 1.54) is 184 Å². The van der Waals surface area contributed by atoms with Gasteiger partial charge >= 0.3 is 6.18 Å². The molecule has 7 unspecified atom stereocenters. The van der Waals surface area contributed by atoms with E-state index in [2.05, 4.69) is 169 Å². The summed E-state index contributed by atoms with van der Waals surface area (Å²) in [5.41, 5.74) is 12.4. The predicted molar refractivity (Wildman–Crippen MR) is 394 cm³/mol. The molecule has 8 heterocycles. The van der Waals surface area contributed by atoms with Gasteiger partial charge in [-0.2, -0.15) is 13.2 Å². The topological polar surface area (TPSA) is 18.5 Å². The van der Waals surface area contributed by atoms with Crippen molar-refractivity contribution in [3.8, 4) is 11.5 Å². The molecule has 2 nitrogen and oxygen atoms in total. The van der Waals surface area contributed by atoms with Gasteiger partial charge in [0.05, 0.1) is 11.2 Å². The second-order valence-corrected chi connectivity index (χ2v) is 34.4. The highest BCUT2D eigenvalue weighted by Gasteiger charge is 2.43. The normalized spacial score (nSPS) is 21.8. The van der Waals surface area contributed by atoms with Crippen LogP contribution in [0.1, 0.15) is 80.3 Å². The Labute approximate surface area is 568 Å². The molecule has 0 bridgehead atoms. The average molecular weight is 1340 g/mol. The first-order valence-corrected chi connectivity index (χ1v) is 38.8. The fraction of sp³-hybridized carbons (Fsp3) is 0.253. The summed E-state index contributed by atoms with van der Waals surface area (Å²) in [6.45, 7) is 0. The van der Waals surface area contributed by atoms with Crippen LogP contribution in [0.2, 0.25) is 0 Å². The molecule has 464 valence electrons. The lowest BCUT2D eigenvalue weighted by Gasteiger charge is -2.27. The summed E-state index contributed by atoms with van der Waals surface area (Å²) in [7, 11) is 0. The van der Waals surface area contributed by atoms with Crippen LogP contribution in [0.25, 0.3) is 84.8 Å². The van der Waals surface area contributed by atoms with Crippen molar-refractivity contribution < 1.29 is 22.6 Å². The number of aryl methyl sites for hydroxylation is 4. The number of hydrogen-bond acceptors (Lipinski definition) is 8. The van der Waals surface area contributed by atoms with Crippen molar-refractivity contribution in [3.05, 3.63) is 236 Å². The fourth-order valence-corrected chi connectivity index (χ4v) is 24.8. The highest BCUT2D eigenvalue weighted by Crippen LogP contribution is 2.52. The van der Waals surface area contributed by atoms with Crippen molar-refractivity contribution in [2.75, 3.05) is 5.75 Å². The summed E-state index contributed by atoms with van der Waals surface area (Å²) in [5.74, 6) is 1.39. The van der Waals surface area contributed by atoms with Gasteiger partial charge in [0.1, 0.15) is 23.7 Å². The van der Waals surface area contributed by atoms with E-state index in [-0.39, 0.29) is 17.5 Å². The van der Waals surface area contributed by atoms with Gasteiger partial charge in [-0.3, -0.25) is 0 Å². The van der Waals surface area contributed by atoms with E-state index in [9.17, 15) is 13.2 Å². The first-order valence-electron chi connectivity index (χ1n) is 33.5. The molecule has 20 rings (SSSR count). The smallest absolute Gasteiger partial charge is 0.395 e. The summed E-state index contributed by atoms with van der Waals surface area (Å²) in [4.78, 5) is 7.14. The minimum Gasteiger partial charge on any atom is -0.489 e. The molecule has 0 saturated carbocycles. The van der Waals surface area contributed by atoms with Gasteiger partial charge in [-0.05, 0) is 239 Å². The largest absolute Gasteiger partial charge is 0.489 e. The van der Waals surface area contributed by atoms with Gasteiger partial charge in [0.2, 0.25) is 0 Å². The number of halogens is 3. The zero-order chi connectivity index (χ0) is 62.1. The molecule has 11 aromatic carbocycles. The summed E-state index contributed by atoms with van der Waals surface area (Å²) in [5, 5.41) is 22.0. The average Bonchev–Trinajstić information content (AvgIpc) is 1.52. The quantitative estimate of drug-likeness (QED) is 0.119. The molecule has 94 heavy (non-hydrogen) atoms. The van der Waals surface area contributed by atoms with E-state index >= 15 is 0 Å². The number of alkyl halides is 3. The fourth-order valence-electron chi connectivity index (χ4n) is 16.9. The minimum absolute atomic E-state index is 0.0295. The van der Waals surface area contributed by atoms with Crippen molar-refractivity contribution in [2.24, 2.45) is 11.8 Å². The number of thioether (sulfide) groups is 4. The molecule has 0 saturated heterocycles. The molecule has 6 aliphatic heterocycles. The zero-order valence-corrected chi connectivity index (χ0v) is 56.4. The van der Waals surface area contributed by atoms with Crippen LogP contribution in [-0.4, -0.2) is 33.8 Å². The molecule has 0 spiro atoms. The van der Waals surface area contributed by atoms with E-state index in [0.29, 0.717) is 16.9 Å². The van der Waals surface area contributed by atoms with E-state index in [4.69, 9.17) is 9.47 Å². The van der Waals surface area contributed by atoms with Gasteiger partial charge in [-0.1, -0.05) is 121 Å². The molecule has 0 amide bonds. The number of hydrogen-bond donors (Lipinski definition) is 0. The number of ether oxygens (including phenoxy) is 2. The number of benzene rings is 11. The number of allylic oxidation sites excluding steroid dienone is 4. The maximum absolute atomic E-state index is 13.8. The minimum atomic E-state index is -4.22. The Bertz CT molecular complexity index is 5460. The van der Waals surface area contributed by atoms with Gasteiger partial charge in [0.15, 0.2) is 0 Å². The Hall–Kier alpha value is -6.83. The molecule has 2 aromatic heterocycles. The van der Waals surface area contributed by atoms with Crippen molar-refractivity contribution in [3.63, 3.8) is 0 Å². The summed E-state index contributed by atoms with van der Waals surface area (Å²) in [6, 6.07) is 58.9. The Morgan fingerprint density at radius 2 is 1.04 bits per heavy atom. The number of fused-ring (bicyclic) bond motifs is 20. The molecule has 7 atom stereocenters. The monoisotopic (exact) mass is 1340 g/mol. The predicted octanol–water partition coefficient (Wildman–Crippen LogP) is 23.5. The van der Waals surface area contributed by atoms with Gasteiger partial charge in [0.25, 0.3) is 0 Å². The van der Waals surface area contributed by atoms with Crippen LogP contribution in [0.3, 0.4) is 0 Å². The van der Waals surface area contributed by atoms with Crippen molar-refractivity contribution >= 4 is 155 Å². The van der Waals surface area contributed by atoms with Crippen LogP contribution in [0.4, 0.5) is 13.2 Å². The lowest BCUT2D eigenvalue weighted by atomic mass is 9.84. The van der Waals surface area contributed by atoms with Crippen molar-refractivity contribution in [2.45, 2.75) is 131 Å².